The molecule has 1 aliphatic rings. The van der Waals surface area contributed by atoms with Crippen LogP contribution in [-0.2, 0) is 20.9 Å². The Kier molecular flexibility index (Phi) is 4.34. The summed E-state index contributed by atoms with van der Waals surface area (Å²) in [6.07, 6.45) is -0.396. The summed E-state index contributed by atoms with van der Waals surface area (Å²) in [6, 6.07) is 6.55. The minimum atomic E-state index is -0.798. The van der Waals surface area contributed by atoms with Crippen molar-refractivity contribution in [1.29, 1.82) is 0 Å². The Hall–Kier alpha value is -2.41. The van der Waals surface area contributed by atoms with Gasteiger partial charge in [-0.2, -0.15) is 0 Å². The van der Waals surface area contributed by atoms with Gasteiger partial charge in [-0.1, -0.05) is 0 Å². The van der Waals surface area contributed by atoms with Gasteiger partial charge in [0.1, 0.15) is 12.4 Å². The van der Waals surface area contributed by atoms with E-state index in [1.165, 1.54) is 11.3 Å². The largest absolute Gasteiger partial charge is 0.487 e. The van der Waals surface area contributed by atoms with E-state index in [9.17, 15) is 9.59 Å². The van der Waals surface area contributed by atoms with Crippen molar-refractivity contribution in [3.63, 3.8) is 0 Å². The average Bonchev–Trinajstić information content (AvgIpc) is 3.18. The second-order valence-electron chi connectivity index (χ2n) is 4.64. The van der Waals surface area contributed by atoms with Crippen LogP contribution in [0.5, 0.6) is 5.75 Å². The van der Waals surface area contributed by atoms with Crippen LogP contribution in [0.15, 0.2) is 35.2 Å². The molecule has 0 bridgehead atoms. The zero-order valence-electron chi connectivity index (χ0n) is 11.6. The number of carbonyl (C=O) groups is 2. The molecule has 0 aliphatic carbocycles. The molecule has 1 aromatic carbocycles. The maximum atomic E-state index is 11.9. The van der Waals surface area contributed by atoms with Crippen molar-refractivity contribution in [2.24, 2.45) is 0 Å². The fraction of sp³-hybridized carbons (Fsp3) is 0.267. The molecule has 2 heterocycles. The Balaban J connectivity index is 1.56. The third kappa shape index (κ3) is 3.43. The first-order chi connectivity index (χ1) is 10.7. The van der Waals surface area contributed by atoms with E-state index in [1.807, 2.05) is 5.38 Å². The Morgan fingerprint density at radius 1 is 1.36 bits per heavy atom. The van der Waals surface area contributed by atoms with Gasteiger partial charge in [0.25, 0.3) is 0 Å². The fourth-order valence-corrected chi connectivity index (χ4v) is 2.48. The number of hydrogen-bond donors (Lipinski definition) is 0. The predicted octanol–water partition coefficient (Wildman–Crippen LogP) is 2.19. The minimum absolute atomic E-state index is 0.292. The van der Waals surface area contributed by atoms with Crippen molar-refractivity contribution < 1.29 is 23.8 Å². The van der Waals surface area contributed by atoms with Crippen molar-refractivity contribution in [3.05, 3.63) is 46.4 Å². The molecule has 2 aromatic rings. The lowest BCUT2D eigenvalue weighted by atomic mass is 10.2. The molecule has 1 aromatic heterocycles. The fourth-order valence-electron chi connectivity index (χ4n) is 1.93. The normalized spacial score (nSPS) is 17.1. The summed E-state index contributed by atoms with van der Waals surface area (Å²) in [5, 5.41) is 1.91. The molecule has 0 N–H and O–H groups in total. The number of nitrogens with zero attached hydrogens (tertiary/aromatic N) is 1. The highest BCUT2D eigenvalue weighted by atomic mass is 32.1. The van der Waals surface area contributed by atoms with E-state index >= 15 is 0 Å². The molecule has 114 valence electrons. The summed E-state index contributed by atoms with van der Waals surface area (Å²) in [5.74, 6) is -0.406. The van der Waals surface area contributed by atoms with E-state index in [-0.39, 0.29) is 0 Å². The van der Waals surface area contributed by atoms with E-state index in [4.69, 9.17) is 14.2 Å². The summed E-state index contributed by atoms with van der Waals surface area (Å²) in [6.45, 7) is 0.668. The average molecular weight is 319 g/mol. The van der Waals surface area contributed by atoms with Gasteiger partial charge in [0, 0.05) is 11.8 Å². The molecular weight excluding hydrogens is 306 g/mol. The Labute approximate surface area is 130 Å². The molecular formula is C15H13NO5S. The second kappa shape index (κ2) is 6.57. The number of cyclic esters (lactones) is 1. The number of esters is 2. The molecule has 0 spiro atoms. The zero-order chi connectivity index (χ0) is 15.4. The van der Waals surface area contributed by atoms with Crippen molar-refractivity contribution in [1.82, 2.24) is 4.98 Å². The van der Waals surface area contributed by atoms with Crippen LogP contribution in [0.1, 0.15) is 22.5 Å². The first-order valence-electron chi connectivity index (χ1n) is 6.70. The van der Waals surface area contributed by atoms with Gasteiger partial charge < -0.3 is 14.2 Å². The molecule has 1 atom stereocenters. The monoisotopic (exact) mass is 319 g/mol. The predicted molar refractivity (Wildman–Crippen MR) is 77.7 cm³/mol. The van der Waals surface area contributed by atoms with Gasteiger partial charge in [0.05, 0.1) is 23.4 Å². The summed E-state index contributed by atoms with van der Waals surface area (Å²) in [7, 11) is 0. The summed E-state index contributed by atoms with van der Waals surface area (Å²) in [4.78, 5) is 27.3. The van der Waals surface area contributed by atoms with Crippen LogP contribution in [-0.4, -0.2) is 29.6 Å². The minimum Gasteiger partial charge on any atom is -0.487 e. The van der Waals surface area contributed by atoms with Crippen LogP contribution >= 0.6 is 11.3 Å². The highest BCUT2D eigenvalue weighted by Gasteiger charge is 2.30. The number of aromatic nitrogens is 1. The number of hydrogen-bond acceptors (Lipinski definition) is 7. The van der Waals surface area contributed by atoms with Crippen LogP contribution in [0.4, 0.5) is 0 Å². The van der Waals surface area contributed by atoms with Crippen LogP contribution in [0.25, 0.3) is 0 Å². The number of thiazole rings is 1. The quantitative estimate of drug-likeness (QED) is 0.787. The van der Waals surface area contributed by atoms with Crippen LogP contribution in [0.3, 0.4) is 0 Å². The molecule has 0 amide bonds. The number of carbonyl (C=O) groups excluding carboxylic acids is 2. The van der Waals surface area contributed by atoms with E-state index in [2.05, 4.69) is 4.98 Å². The molecule has 1 fully saturated rings. The van der Waals surface area contributed by atoms with Gasteiger partial charge >= 0.3 is 11.9 Å². The van der Waals surface area contributed by atoms with Gasteiger partial charge in [0.15, 0.2) is 0 Å². The third-order valence-corrected chi connectivity index (χ3v) is 3.73. The van der Waals surface area contributed by atoms with E-state index < -0.39 is 18.0 Å². The van der Waals surface area contributed by atoms with Crippen molar-refractivity contribution in [2.45, 2.75) is 19.1 Å². The number of benzene rings is 1. The van der Waals surface area contributed by atoms with Crippen molar-refractivity contribution >= 4 is 23.3 Å². The van der Waals surface area contributed by atoms with Crippen LogP contribution in [0.2, 0.25) is 0 Å². The first kappa shape index (κ1) is 14.5. The third-order valence-electron chi connectivity index (χ3n) is 3.10. The van der Waals surface area contributed by atoms with E-state index in [1.54, 1.807) is 29.8 Å². The SMILES string of the molecule is O=C(O[C@@H]1CCOC1=O)c1ccc(OCc2cscn2)cc1. The molecule has 1 aliphatic heterocycles. The highest BCUT2D eigenvalue weighted by molar-refractivity contribution is 7.07. The maximum absolute atomic E-state index is 11.9. The Morgan fingerprint density at radius 2 is 2.18 bits per heavy atom. The van der Waals surface area contributed by atoms with Gasteiger partial charge in [0.2, 0.25) is 6.10 Å². The summed E-state index contributed by atoms with van der Waals surface area (Å²) >= 11 is 1.51. The van der Waals surface area contributed by atoms with Crippen LogP contribution in [0, 0.1) is 0 Å². The maximum Gasteiger partial charge on any atom is 0.347 e. The molecule has 7 heteroatoms. The Bertz CT molecular complexity index is 653. The van der Waals surface area contributed by atoms with E-state index in [0.717, 1.165) is 5.69 Å². The standard InChI is InChI=1S/C15H13NO5S/c17-14(21-13-5-6-19-15(13)18)10-1-3-12(4-2-10)20-7-11-8-22-9-16-11/h1-4,8-9,13H,5-7H2/t13-/m1/s1. The lowest BCUT2D eigenvalue weighted by Gasteiger charge is -2.09. The van der Waals surface area contributed by atoms with Gasteiger partial charge in [-0.3, -0.25) is 0 Å². The topological polar surface area (TPSA) is 74.7 Å². The van der Waals surface area contributed by atoms with Crippen LogP contribution < -0.4 is 4.74 Å². The summed E-state index contributed by atoms with van der Waals surface area (Å²) in [5.41, 5.74) is 2.96. The van der Waals surface area contributed by atoms with Gasteiger partial charge in [-0.25, -0.2) is 14.6 Å². The molecule has 0 unspecified atom stereocenters. The molecule has 22 heavy (non-hydrogen) atoms. The van der Waals surface area contributed by atoms with Crippen molar-refractivity contribution in [3.8, 4) is 5.75 Å². The summed E-state index contributed by atoms with van der Waals surface area (Å²) < 4.78 is 15.4. The van der Waals surface area contributed by atoms with Gasteiger partial charge in [-0.15, -0.1) is 11.3 Å². The second-order valence-corrected chi connectivity index (χ2v) is 5.36. The first-order valence-corrected chi connectivity index (χ1v) is 7.64. The lowest BCUT2D eigenvalue weighted by molar-refractivity contribution is -0.145. The number of rotatable bonds is 5. The Morgan fingerprint density at radius 3 is 2.82 bits per heavy atom. The van der Waals surface area contributed by atoms with E-state index in [0.29, 0.717) is 30.9 Å². The highest BCUT2D eigenvalue weighted by Crippen LogP contribution is 2.17. The molecule has 0 saturated carbocycles. The van der Waals surface area contributed by atoms with Gasteiger partial charge in [-0.05, 0) is 24.3 Å². The molecule has 0 radical (unpaired) electrons. The lowest BCUT2D eigenvalue weighted by Crippen LogP contribution is -2.22. The zero-order valence-corrected chi connectivity index (χ0v) is 12.4. The molecule has 6 nitrogen and oxygen atoms in total. The van der Waals surface area contributed by atoms with Crippen molar-refractivity contribution in [2.75, 3.05) is 6.61 Å². The number of ether oxygens (including phenoxy) is 3. The smallest absolute Gasteiger partial charge is 0.347 e. The molecule has 1 saturated heterocycles. The molecule has 3 rings (SSSR count).